The number of hydrogen-bond donors (Lipinski definition) is 2. The smallest absolute Gasteiger partial charge is 0.337 e. The molecule has 1 heterocycles. The number of benzene rings is 2. The third-order valence-electron chi connectivity index (χ3n) is 3.99. The maximum atomic E-state index is 12.2. The second-order valence-electron chi connectivity index (χ2n) is 5.98. The van der Waals surface area contributed by atoms with Crippen LogP contribution in [0.5, 0.6) is 0 Å². The molecule has 0 spiro atoms. The van der Waals surface area contributed by atoms with E-state index in [4.69, 9.17) is 0 Å². The Morgan fingerprint density at radius 3 is 2.50 bits per heavy atom. The van der Waals surface area contributed by atoms with Crippen molar-refractivity contribution in [3.05, 3.63) is 76.1 Å². The van der Waals surface area contributed by atoms with E-state index >= 15 is 0 Å². The van der Waals surface area contributed by atoms with Crippen LogP contribution in [0.3, 0.4) is 0 Å². The molecule has 2 N–H and O–H groups in total. The molecule has 0 aliphatic carbocycles. The Bertz CT molecular complexity index is 1170. The van der Waals surface area contributed by atoms with E-state index in [1.54, 1.807) is 48.5 Å². The summed E-state index contributed by atoms with van der Waals surface area (Å²) in [6, 6.07) is 17.0. The van der Waals surface area contributed by atoms with Crippen molar-refractivity contribution < 1.29 is 14.3 Å². The van der Waals surface area contributed by atoms with Crippen LogP contribution in [0.1, 0.15) is 15.9 Å². The fraction of sp³-hybridized carbons (Fsp3) is 0.0952. The molecule has 0 unspecified atom stereocenters. The Hall–Kier alpha value is -3.90. The first-order valence-electron chi connectivity index (χ1n) is 8.72. The Morgan fingerprint density at radius 1 is 1.17 bits per heavy atom. The van der Waals surface area contributed by atoms with Crippen molar-refractivity contribution in [1.29, 1.82) is 5.26 Å². The minimum absolute atomic E-state index is 0.0121. The molecule has 8 nitrogen and oxygen atoms in total. The van der Waals surface area contributed by atoms with Gasteiger partial charge in [-0.05, 0) is 24.3 Å². The van der Waals surface area contributed by atoms with Gasteiger partial charge in [0, 0.05) is 11.3 Å². The lowest BCUT2D eigenvalue weighted by molar-refractivity contribution is -0.113. The lowest BCUT2D eigenvalue weighted by Crippen LogP contribution is -2.17. The first kappa shape index (κ1) is 20.8. The molecule has 3 aromatic rings. The summed E-state index contributed by atoms with van der Waals surface area (Å²) in [7, 11) is 1.29. The molecule has 0 atom stereocenters. The number of methoxy groups -OCH3 is 1. The van der Waals surface area contributed by atoms with E-state index < -0.39 is 11.5 Å². The summed E-state index contributed by atoms with van der Waals surface area (Å²) in [5.74, 6) is -0.797. The Balaban J connectivity index is 1.70. The lowest BCUT2D eigenvalue weighted by Gasteiger charge is -2.08. The summed E-state index contributed by atoms with van der Waals surface area (Å²) in [6.45, 7) is 0. The monoisotopic (exact) mass is 420 g/mol. The SMILES string of the molecule is COC(=O)c1ccc(NC(=O)CSc2nc(-c3ccccc3)c(C#N)c(=O)[nH]2)cc1. The van der Waals surface area contributed by atoms with Crippen molar-refractivity contribution in [3.8, 4) is 17.3 Å². The van der Waals surface area contributed by atoms with Crippen molar-refractivity contribution in [3.63, 3.8) is 0 Å². The van der Waals surface area contributed by atoms with Crippen LogP contribution in [-0.4, -0.2) is 34.7 Å². The lowest BCUT2D eigenvalue weighted by atomic mass is 10.1. The molecular weight excluding hydrogens is 404 g/mol. The molecular formula is C21H16N4O4S. The number of H-pyrrole nitrogens is 1. The second kappa shape index (κ2) is 9.54. The van der Waals surface area contributed by atoms with E-state index in [1.807, 2.05) is 12.1 Å². The highest BCUT2D eigenvalue weighted by atomic mass is 32.2. The number of nitrogens with zero attached hydrogens (tertiary/aromatic N) is 2. The van der Waals surface area contributed by atoms with Gasteiger partial charge in [-0.25, -0.2) is 9.78 Å². The molecule has 30 heavy (non-hydrogen) atoms. The van der Waals surface area contributed by atoms with Gasteiger partial charge in [0.25, 0.3) is 5.56 Å². The topological polar surface area (TPSA) is 125 Å². The van der Waals surface area contributed by atoms with Gasteiger partial charge in [0.15, 0.2) is 5.16 Å². The number of hydrogen-bond acceptors (Lipinski definition) is 7. The van der Waals surface area contributed by atoms with Gasteiger partial charge in [-0.3, -0.25) is 9.59 Å². The number of carbonyl (C=O) groups excluding carboxylic acids is 2. The van der Waals surface area contributed by atoms with Crippen molar-refractivity contribution in [1.82, 2.24) is 9.97 Å². The molecule has 0 aliphatic rings. The number of rotatable bonds is 6. The van der Waals surface area contributed by atoms with Gasteiger partial charge in [0.05, 0.1) is 24.1 Å². The van der Waals surface area contributed by atoms with Crippen LogP contribution >= 0.6 is 11.8 Å². The van der Waals surface area contributed by atoms with Gasteiger partial charge < -0.3 is 15.0 Å². The zero-order valence-electron chi connectivity index (χ0n) is 15.8. The van der Waals surface area contributed by atoms with Crippen molar-refractivity contribution in [2.45, 2.75) is 5.16 Å². The highest BCUT2D eigenvalue weighted by Crippen LogP contribution is 2.22. The summed E-state index contributed by atoms with van der Waals surface area (Å²) in [6.07, 6.45) is 0. The van der Waals surface area contributed by atoms with Crippen LogP contribution in [0.4, 0.5) is 5.69 Å². The number of aromatic nitrogens is 2. The molecule has 0 fully saturated rings. The number of ether oxygens (including phenoxy) is 1. The molecule has 2 aromatic carbocycles. The second-order valence-corrected chi connectivity index (χ2v) is 6.94. The molecule has 0 aliphatic heterocycles. The number of aromatic amines is 1. The van der Waals surface area contributed by atoms with Gasteiger partial charge >= 0.3 is 5.97 Å². The normalized spacial score (nSPS) is 10.1. The Labute approximate surface area is 175 Å². The Kier molecular flexibility index (Phi) is 6.62. The molecule has 0 saturated heterocycles. The number of carbonyl (C=O) groups is 2. The summed E-state index contributed by atoms with van der Waals surface area (Å²) in [5.41, 5.74) is 1.14. The van der Waals surface area contributed by atoms with Crippen LogP contribution in [-0.2, 0) is 9.53 Å². The van der Waals surface area contributed by atoms with Crippen LogP contribution in [0, 0.1) is 11.3 Å². The average Bonchev–Trinajstić information content (AvgIpc) is 2.78. The molecule has 0 bridgehead atoms. The van der Waals surface area contributed by atoms with Gasteiger partial charge in [-0.1, -0.05) is 42.1 Å². The fourth-order valence-corrected chi connectivity index (χ4v) is 3.23. The van der Waals surface area contributed by atoms with Gasteiger partial charge in [-0.15, -0.1) is 0 Å². The van der Waals surface area contributed by atoms with Crippen LogP contribution < -0.4 is 10.9 Å². The molecule has 150 valence electrons. The van der Waals surface area contributed by atoms with Crippen LogP contribution in [0.15, 0.2) is 64.5 Å². The van der Waals surface area contributed by atoms with Gasteiger partial charge in [-0.2, -0.15) is 5.26 Å². The standard InChI is InChI=1S/C21H16N4O4S/c1-29-20(28)14-7-9-15(10-8-14)23-17(26)12-30-21-24-18(13-5-3-2-4-6-13)16(11-22)19(27)25-21/h2-10H,12H2,1H3,(H,23,26)(H,24,25,27). The summed E-state index contributed by atoms with van der Waals surface area (Å²) in [5, 5.41) is 12.2. The minimum Gasteiger partial charge on any atom is -0.465 e. The zero-order chi connectivity index (χ0) is 21.5. The maximum absolute atomic E-state index is 12.2. The third kappa shape index (κ3) is 4.92. The van der Waals surface area contributed by atoms with Crippen molar-refractivity contribution >= 4 is 29.3 Å². The maximum Gasteiger partial charge on any atom is 0.337 e. The van der Waals surface area contributed by atoms with E-state index in [9.17, 15) is 19.6 Å². The largest absolute Gasteiger partial charge is 0.465 e. The quantitative estimate of drug-likeness (QED) is 0.357. The van der Waals surface area contributed by atoms with Crippen molar-refractivity contribution in [2.24, 2.45) is 0 Å². The molecule has 0 saturated carbocycles. The minimum atomic E-state index is -0.562. The summed E-state index contributed by atoms with van der Waals surface area (Å²) >= 11 is 1.04. The number of nitriles is 1. The molecule has 1 amide bonds. The number of amides is 1. The first-order valence-corrected chi connectivity index (χ1v) is 9.71. The van der Waals surface area contributed by atoms with Gasteiger partial charge in [0.2, 0.25) is 5.91 Å². The molecule has 9 heteroatoms. The predicted octanol–water partition coefficient (Wildman–Crippen LogP) is 2.83. The van der Waals surface area contributed by atoms with Crippen LogP contribution in [0.25, 0.3) is 11.3 Å². The van der Waals surface area contributed by atoms with E-state index in [1.165, 1.54) is 7.11 Å². The highest BCUT2D eigenvalue weighted by Gasteiger charge is 2.14. The number of esters is 1. The molecule has 3 rings (SSSR count). The van der Waals surface area contributed by atoms with E-state index in [0.717, 1.165) is 11.8 Å². The average molecular weight is 420 g/mol. The fourth-order valence-electron chi connectivity index (χ4n) is 2.57. The summed E-state index contributed by atoms with van der Waals surface area (Å²) in [4.78, 5) is 42.8. The third-order valence-corrected chi connectivity index (χ3v) is 4.86. The number of anilines is 1. The Morgan fingerprint density at radius 2 is 1.87 bits per heavy atom. The van der Waals surface area contributed by atoms with Crippen LogP contribution in [0.2, 0.25) is 0 Å². The van der Waals surface area contributed by atoms with E-state index in [-0.39, 0.29) is 28.1 Å². The van der Waals surface area contributed by atoms with Gasteiger partial charge in [0.1, 0.15) is 11.6 Å². The molecule has 0 radical (unpaired) electrons. The van der Waals surface area contributed by atoms with Crippen molar-refractivity contribution in [2.75, 3.05) is 18.2 Å². The molecule has 1 aromatic heterocycles. The van der Waals surface area contributed by atoms with E-state index in [0.29, 0.717) is 16.8 Å². The predicted molar refractivity (Wildman–Crippen MR) is 112 cm³/mol. The van der Waals surface area contributed by atoms with E-state index in [2.05, 4.69) is 20.0 Å². The first-order chi connectivity index (χ1) is 14.5. The highest BCUT2D eigenvalue weighted by molar-refractivity contribution is 7.99. The number of thioether (sulfide) groups is 1. The summed E-state index contributed by atoms with van der Waals surface area (Å²) < 4.78 is 4.63. The zero-order valence-corrected chi connectivity index (χ0v) is 16.7. The number of nitrogens with one attached hydrogen (secondary N) is 2.